The van der Waals surface area contributed by atoms with Crippen LogP contribution in [0.3, 0.4) is 0 Å². The third-order valence-electron chi connectivity index (χ3n) is 10.1. The van der Waals surface area contributed by atoms with Gasteiger partial charge in [0.2, 0.25) is 0 Å². The van der Waals surface area contributed by atoms with Crippen molar-refractivity contribution in [3.05, 3.63) is 157 Å². The molecule has 0 saturated carbocycles. The average Bonchev–Trinajstić information content (AvgIpc) is 4.04. The van der Waals surface area contributed by atoms with E-state index in [1.807, 2.05) is 53.1 Å². The normalized spacial score (nSPS) is 12.0. The Kier molecular flexibility index (Phi) is 8.37. The number of hydrogen-bond acceptors (Lipinski definition) is 3. The first-order valence-electron chi connectivity index (χ1n) is 18.1. The zero-order chi connectivity index (χ0) is 37.5. The molecule has 0 amide bonds. The van der Waals surface area contributed by atoms with E-state index in [2.05, 4.69) is 150 Å². The number of nitrogens with zero attached hydrogens (tertiary/aromatic N) is 6. The number of fused-ring (bicyclic) bond motifs is 8. The molecule has 0 fully saturated rings. The molecule has 9 rings (SSSR count). The van der Waals surface area contributed by atoms with Crippen molar-refractivity contribution < 1.29 is 13.7 Å². The Morgan fingerprint density at radius 1 is 0.455 bits per heavy atom. The van der Waals surface area contributed by atoms with Gasteiger partial charge in [-0.25, -0.2) is 23.7 Å². The molecule has 0 radical (unpaired) electrons. The van der Waals surface area contributed by atoms with Gasteiger partial charge in [-0.2, -0.15) is 5.26 Å². The van der Waals surface area contributed by atoms with Crippen LogP contribution in [0.25, 0.3) is 97.0 Å². The van der Waals surface area contributed by atoms with Gasteiger partial charge in [0.05, 0.1) is 28.8 Å². The molecule has 2 aliphatic rings. The van der Waals surface area contributed by atoms with Gasteiger partial charge in [-0.05, 0) is 82.5 Å². The fourth-order valence-electron chi connectivity index (χ4n) is 7.32. The lowest BCUT2D eigenvalue weighted by atomic mass is 10.0. The standard InChI is InChI=1S/C47H36N8/c1-53-25-18-33(19-26-53)45-38-12-10-36(49-38)44(32-8-6-31(7-9-32)5-4-24-48)37-11-13-39(50-37)46(34-20-27-54(2)28-21-34)41-15-17-43(52-41)47(42-16-14-40(45)51-42)35-22-29-55(3)30-23-35/h4-23,25-30H,1-3H3,(H,49,50,51,52)/q+2/p+1/b5-4+,44-36?,44-37?,45-38?,45-40?,46-39?,46-41?,47-42?,47-43?. The molecular formula is C47H37N8+3. The summed E-state index contributed by atoms with van der Waals surface area (Å²) in [5.74, 6) is 0. The van der Waals surface area contributed by atoms with Gasteiger partial charge in [-0.3, -0.25) is 0 Å². The summed E-state index contributed by atoms with van der Waals surface area (Å²) in [6.45, 7) is 0. The number of aromatic amines is 2. The first-order chi connectivity index (χ1) is 26.9. The van der Waals surface area contributed by atoms with E-state index < -0.39 is 0 Å². The highest BCUT2D eigenvalue weighted by molar-refractivity contribution is 5.99. The monoisotopic (exact) mass is 713 g/mol. The van der Waals surface area contributed by atoms with Crippen molar-refractivity contribution in [1.82, 2.24) is 19.9 Å². The quantitative estimate of drug-likeness (QED) is 0.139. The minimum atomic E-state index is 0.841. The molecule has 0 unspecified atom stereocenters. The van der Waals surface area contributed by atoms with Gasteiger partial charge in [-0.15, -0.1) is 0 Å². The largest absolute Gasteiger partial charge is 0.354 e. The molecule has 0 spiro atoms. The Morgan fingerprint density at radius 2 is 0.764 bits per heavy atom. The van der Waals surface area contributed by atoms with Crippen LogP contribution in [0.5, 0.6) is 0 Å². The summed E-state index contributed by atoms with van der Waals surface area (Å²) >= 11 is 0. The van der Waals surface area contributed by atoms with Crippen molar-refractivity contribution in [3.63, 3.8) is 0 Å². The van der Waals surface area contributed by atoms with E-state index in [4.69, 9.17) is 15.2 Å². The number of benzene rings is 1. The van der Waals surface area contributed by atoms with Crippen molar-refractivity contribution in [2.75, 3.05) is 0 Å². The molecule has 262 valence electrons. The van der Waals surface area contributed by atoms with Gasteiger partial charge in [-0.1, -0.05) is 24.3 Å². The first kappa shape index (κ1) is 33.3. The van der Waals surface area contributed by atoms with E-state index in [0.717, 1.165) is 94.9 Å². The second-order valence-electron chi connectivity index (χ2n) is 13.8. The molecule has 55 heavy (non-hydrogen) atoms. The van der Waals surface area contributed by atoms with Crippen LogP contribution in [0.1, 0.15) is 28.3 Å². The zero-order valence-electron chi connectivity index (χ0n) is 30.7. The summed E-state index contributed by atoms with van der Waals surface area (Å²) < 4.78 is 6.11. The minimum absolute atomic E-state index is 0.841. The van der Waals surface area contributed by atoms with Gasteiger partial charge >= 0.3 is 0 Å². The second-order valence-corrected chi connectivity index (χ2v) is 13.8. The third-order valence-corrected chi connectivity index (χ3v) is 10.1. The van der Waals surface area contributed by atoms with Crippen molar-refractivity contribution in [1.29, 1.82) is 5.26 Å². The highest BCUT2D eigenvalue weighted by Crippen LogP contribution is 2.38. The number of H-pyrrole nitrogens is 2. The highest BCUT2D eigenvalue weighted by Gasteiger charge is 2.20. The molecule has 0 aliphatic carbocycles. The summed E-state index contributed by atoms with van der Waals surface area (Å²) in [4.78, 5) is 18.4. The van der Waals surface area contributed by atoms with E-state index in [1.54, 1.807) is 0 Å². The second kappa shape index (κ2) is 13.8. The molecule has 1 aromatic carbocycles. The fourth-order valence-corrected chi connectivity index (χ4v) is 7.32. The maximum absolute atomic E-state index is 9.11. The Morgan fingerprint density at radius 3 is 1.07 bits per heavy atom. The smallest absolute Gasteiger partial charge is 0.169 e. The van der Waals surface area contributed by atoms with Crippen LogP contribution in [0.15, 0.2) is 128 Å². The Labute approximate surface area is 318 Å². The van der Waals surface area contributed by atoms with Crippen molar-refractivity contribution >= 4 is 52.4 Å². The predicted octanol–water partition coefficient (Wildman–Crippen LogP) is 8.33. The van der Waals surface area contributed by atoms with Gasteiger partial charge in [0.25, 0.3) is 0 Å². The van der Waals surface area contributed by atoms with Gasteiger partial charge in [0.15, 0.2) is 37.2 Å². The number of pyridine rings is 3. The summed E-state index contributed by atoms with van der Waals surface area (Å²) in [5, 5.41) is 9.11. The van der Waals surface area contributed by atoms with Gasteiger partial charge < -0.3 is 9.97 Å². The molecular weight excluding hydrogens is 677 g/mol. The summed E-state index contributed by atoms with van der Waals surface area (Å²) in [6, 6.07) is 31.7. The number of aromatic nitrogens is 7. The topological polar surface area (TPSA) is 92.8 Å². The molecule has 0 atom stereocenters. The fraction of sp³-hybridized carbons (Fsp3) is 0.0638. The molecule has 2 N–H and O–H groups in total. The highest BCUT2D eigenvalue weighted by atomic mass is 14.9. The Hall–Kier alpha value is -7.50. The van der Waals surface area contributed by atoms with Crippen LogP contribution in [-0.4, -0.2) is 19.9 Å². The van der Waals surface area contributed by atoms with Gasteiger partial charge in [0.1, 0.15) is 21.1 Å². The van der Waals surface area contributed by atoms with Gasteiger partial charge in [0, 0.05) is 86.8 Å². The minimum Gasteiger partial charge on any atom is -0.354 e. The number of aryl methyl sites for hydroxylation is 3. The van der Waals surface area contributed by atoms with Crippen LogP contribution >= 0.6 is 0 Å². The molecule has 6 aromatic heterocycles. The van der Waals surface area contributed by atoms with Crippen LogP contribution < -0.4 is 13.7 Å². The van der Waals surface area contributed by atoms with Crippen molar-refractivity contribution in [2.45, 2.75) is 0 Å². The maximum Gasteiger partial charge on any atom is 0.169 e. The summed E-state index contributed by atoms with van der Waals surface area (Å²) in [6.07, 6.45) is 24.1. The van der Waals surface area contributed by atoms with Crippen molar-refractivity contribution in [2.24, 2.45) is 21.1 Å². The average molecular weight is 714 g/mol. The number of nitriles is 1. The number of rotatable bonds is 5. The molecule has 2 aliphatic heterocycles. The molecule has 0 saturated heterocycles. The number of allylic oxidation sites excluding steroid dienone is 1. The lowest BCUT2D eigenvalue weighted by molar-refractivity contribution is -0.671. The summed E-state index contributed by atoms with van der Waals surface area (Å²) in [7, 11) is 6.07. The van der Waals surface area contributed by atoms with Crippen LogP contribution in [0.2, 0.25) is 0 Å². The number of nitrogens with one attached hydrogen (secondary N) is 2. The van der Waals surface area contributed by atoms with E-state index in [1.165, 1.54) is 6.08 Å². The van der Waals surface area contributed by atoms with E-state index in [-0.39, 0.29) is 0 Å². The molecule has 8 nitrogen and oxygen atoms in total. The third kappa shape index (κ3) is 6.34. The Balaban J connectivity index is 1.44. The Bertz CT molecular complexity index is 2880. The zero-order valence-corrected chi connectivity index (χ0v) is 30.7. The lowest BCUT2D eigenvalue weighted by Crippen LogP contribution is -2.25. The molecule has 8 heterocycles. The predicted molar refractivity (Wildman–Crippen MR) is 219 cm³/mol. The van der Waals surface area contributed by atoms with Crippen LogP contribution in [-0.2, 0) is 21.1 Å². The van der Waals surface area contributed by atoms with Crippen LogP contribution in [0.4, 0.5) is 0 Å². The number of hydrogen-bond donors (Lipinski definition) is 2. The van der Waals surface area contributed by atoms with Crippen molar-refractivity contribution in [3.8, 4) is 50.6 Å². The molecule has 7 aromatic rings. The SMILES string of the molecule is C[n+]1ccc(-c2c3nc(c(-c4cc[n+](C)cc4)c4ccc([nH]4)c(-c4cc[n+](C)cc4)c4nc(c(-c5ccc(/C=C/C#N)cc5)c5ccc2[nH]5)C=C4)C=C3)cc1. The molecule has 8 heteroatoms. The van der Waals surface area contributed by atoms with Crippen LogP contribution in [0, 0.1) is 11.3 Å². The molecule has 8 bridgehead atoms. The van der Waals surface area contributed by atoms with E-state index in [9.17, 15) is 0 Å². The van der Waals surface area contributed by atoms with E-state index >= 15 is 0 Å². The summed E-state index contributed by atoms with van der Waals surface area (Å²) in [5.41, 5.74) is 16.3. The van der Waals surface area contributed by atoms with E-state index in [0.29, 0.717) is 0 Å². The maximum atomic E-state index is 9.11. The first-order valence-corrected chi connectivity index (χ1v) is 18.1. The lowest BCUT2D eigenvalue weighted by Gasteiger charge is -2.07.